The average molecular weight is 420 g/mol. The fourth-order valence-electron chi connectivity index (χ4n) is 3.04. The van der Waals surface area contributed by atoms with Crippen LogP contribution in [-0.4, -0.2) is 57.2 Å². The van der Waals surface area contributed by atoms with Crippen LogP contribution in [0.2, 0.25) is 0 Å². The largest absolute Gasteiger partial charge is 0.389 e. The van der Waals surface area contributed by atoms with E-state index in [2.05, 4.69) is 16.0 Å². The summed E-state index contributed by atoms with van der Waals surface area (Å²) < 4.78 is 28.6. The van der Waals surface area contributed by atoms with Crippen LogP contribution in [0.3, 0.4) is 0 Å². The molecule has 4 N–H and O–H groups in total. The first-order chi connectivity index (χ1) is 13.8. The SMILES string of the molecule is CS(=O)(=O)c1ccc(CN[C@@H]2CO[C@H](CNC(=O)Nc3ccccc3)[C@H]2O)cc1. The third-order valence-electron chi connectivity index (χ3n) is 4.70. The summed E-state index contributed by atoms with van der Waals surface area (Å²) in [6.45, 7) is 0.958. The Kier molecular flexibility index (Phi) is 6.86. The van der Waals surface area contributed by atoms with Gasteiger partial charge in [-0.3, -0.25) is 0 Å². The molecule has 1 fully saturated rings. The van der Waals surface area contributed by atoms with Crippen molar-refractivity contribution < 1.29 is 23.1 Å². The second-order valence-electron chi connectivity index (χ2n) is 6.97. The third kappa shape index (κ3) is 6.01. The van der Waals surface area contributed by atoms with Crippen LogP contribution >= 0.6 is 0 Å². The fourth-order valence-corrected chi connectivity index (χ4v) is 3.67. The van der Waals surface area contributed by atoms with Crippen molar-refractivity contribution in [2.24, 2.45) is 0 Å². The summed E-state index contributed by atoms with van der Waals surface area (Å²) in [5.41, 5.74) is 1.58. The van der Waals surface area contributed by atoms with Gasteiger partial charge in [-0.05, 0) is 29.8 Å². The molecule has 0 aliphatic carbocycles. The number of aliphatic hydroxyl groups is 1. The van der Waals surface area contributed by atoms with Crippen LogP contribution in [0.15, 0.2) is 59.5 Å². The third-order valence-corrected chi connectivity index (χ3v) is 5.83. The molecule has 0 aromatic heterocycles. The van der Waals surface area contributed by atoms with Gasteiger partial charge in [-0.15, -0.1) is 0 Å². The van der Waals surface area contributed by atoms with E-state index in [1.54, 1.807) is 36.4 Å². The number of urea groups is 1. The lowest BCUT2D eigenvalue weighted by atomic mass is 10.1. The van der Waals surface area contributed by atoms with E-state index in [0.29, 0.717) is 18.8 Å². The minimum Gasteiger partial charge on any atom is -0.389 e. The summed E-state index contributed by atoms with van der Waals surface area (Å²) in [5.74, 6) is 0. The Morgan fingerprint density at radius 1 is 1.14 bits per heavy atom. The number of anilines is 1. The van der Waals surface area contributed by atoms with Crippen molar-refractivity contribution in [1.82, 2.24) is 10.6 Å². The molecule has 0 saturated carbocycles. The maximum atomic E-state index is 11.9. The number of hydrogen-bond acceptors (Lipinski definition) is 6. The van der Waals surface area contributed by atoms with Crippen molar-refractivity contribution in [2.75, 3.05) is 24.7 Å². The van der Waals surface area contributed by atoms with E-state index >= 15 is 0 Å². The predicted molar refractivity (Wildman–Crippen MR) is 109 cm³/mol. The summed E-state index contributed by atoms with van der Waals surface area (Å²) in [7, 11) is -3.22. The number of benzene rings is 2. The molecule has 0 unspecified atom stereocenters. The molecule has 3 rings (SSSR count). The Labute approximate surface area is 170 Å². The minimum atomic E-state index is -3.22. The molecule has 3 atom stereocenters. The highest BCUT2D eigenvalue weighted by molar-refractivity contribution is 7.90. The van der Waals surface area contributed by atoms with Gasteiger partial charge in [0, 0.05) is 25.0 Å². The van der Waals surface area contributed by atoms with E-state index in [1.165, 1.54) is 6.26 Å². The average Bonchev–Trinajstić information content (AvgIpc) is 3.05. The lowest BCUT2D eigenvalue weighted by Crippen LogP contribution is -2.45. The van der Waals surface area contributed by atoms with Gasteiger partial charge in [-0.2, -0.15) is 0 Å². The highest BCUT2D eigenvalue weighted by atomic mass is 32.2. The van der Waals surface area contributed by atoms with Gasteiger partial charge < -0.3 is 25.8 Å². The number of ether oxygens (including phenoxy) is 1. The number of aliphatic hydroxyl groups excluding tert-OH is 1. The van der Waals surface area contributed by atoms with Gasteiger partial charge in [-0.25, -0.2) is 13.2 Å². The second-order valence-corrected chi connectivity index (χ2v) is 8.98. The zero-order valence-corrected chi connectivity index (χ0v) is 16.9. The second kappa shape index (κ2) is 9.36. The van der Waals surface area contributed by atoms with E-state index in [9.17, 15) is 18.3 Å². The van der Waals surface area contributed by atoms with Crippen LogP contribution in [0.4, 0.5) is 10.5 Å². The molecule has 0 bridgehead atoms. The molecule has 1 saturated heterocycles. The molecule has 2 aromatic rings. The molecule has 1 aliphatic heterocycles. The van der Waals surface area contributed by atoms with Gasteiger partial charge in [0.15, 0.2) is 9.84 Å². The van der Waals surface area contributed by atoms with Crippen LogP contribution in [-0.2, 0) is 21.1 Å². The van der Waals surface area contributed by atoms with Crippen LogP contribution in [0.25, 0.3) is 0 Å². The standard InChI is InChI=1S/C20H25N3O5S/c1-29(26,27)16-9-7-14(8-10-16)11-21-17-13-28-18(19(17)24)12-22-20(25)23-15-5-3-2-4-6-15/h2-10,17-19,21,24H,11-13H2,1H3,(H2,22,23,25)/t17-,18-,19+/m1/s1. The number of nitrogens with one attached hydrogen (secondary N) is 3. The summed E-state index contributed by atoms with van der Waals surface area (Å²) in [6.07, 6.45) is -0.121. The van der Waals surface area contributed by atoms with Gasteiger partial charge in [0.05, 0.1) is 23.6 Å². The summed E-state index contributed by atoms with van der Waals surface area (Å²) in [6, 6.07) is 15.0. The highest BCUT2D eigenvalue weighted by Gasteiger charge is 2.35. The van der Waals surface area contributed by atoms with Crippen LogP contribution in [0, 0.1) is 0 Å². The maximum Gasteiger partial charge on any atom is 0.319 e. The van der Waals surface area contributed by atoms with Crippen LogP contribution in [0.1, 0.15) is 5.56 Å². The van der Waals surface area contributed by atoms with Crippen molar-refractivity contribution in [3.05, 3.63) is 60.2 Å². The zero-order valence-electron chi connectivity index (χ0n) is 16.0. The molecule has 1 heterocycles. The van der Waals surface area contributed by atoms with Crippen LogP contribution in [0.5, 0.6) is 0 Å². The van der Waals surface area contributed by atoms with E-state index in [1.807, 2.05) is 18.2 Å². The molecule has 1 aliphatic rings. The van der Waals surface area contributed by atoms with Crippen LogP contribution < -0.4 is 16.0 Å². The molecule has 156 valence electrons. The monoisotopic (exact) mass is 419 g/mol. The zero-order chi connectivity index (χ0) is 20.9. The lowest BCUT2D eigenvalue weighted by molar-refractivity contribution is 0.0428. The highest BCUT2D eigenvalue weighted by Crippen LogP contribution is 2.16. The van der Waals surface area contributed by atoms with Gasteiger partial charge in [0.1, 0.15) is 6.10 Å². The Morgan fingerprint density at radius 3 is 2.48 bits per heavy atom. The normalized spacial score (nSPS) is 21.7. The molecule has 8 nitrogen and oxygen atoms in total. The van der Waals surface area contributed by atoms with Crippen molar-refractivity contribution in [3.63, 3.8) is 0 Å². The number of carbonyl (C=O) groups is 1. The minimum absolute atomic E-state index is 0.182. The molecule has 9 heteroatoms. The molecule has 0 spiro atoms. The quantitative estimate of drug-likeness (QED) is 0.535. The van der Waals surface area contributed by atoms with E-state index in [4.69, 9.17) is 4.74 Å². The predicted octanol–water partition coefficient (Wildman–Crippen LogP) is 1.13. The summed E-state index contributed by atoms with van der Waals surface area (Å²) in [4.78, 5) is 12.2. The number of hydrogen-bond donors (Lipinski definition) is 4. The Hall–Kier alpha value is -2.46. The smallest absolute Gasteiger partial charge is 0.319 e. The summed E-state index contributed by atoms with van der Waals surface area (Å²) in [5, 5.41) is 19.1. The molecular formula is C20H25N3O5S. The van der Waals surface area contributed by atoms with Crippen molar-refractivity contribution in [3.8, 4) is 0 Å². The van der Waals surface area contributed by atoms with Crippen molar-refractivity contribution in [2.45, 2.75) is 29.7 Å². The van der Waals surface area contributed by atoms with Gasteiger partial charge in [-0.1, -0.05) is 30.3 Å². The Morgan fingerprint density at radius 2 is 1.83 bits per heavy atom. The van der Waals surface area contributed by atoms with E-state index in [-0.39, 0.29) is 23.5 Å². The van der Waals surface area contributed by atoms with E-state index < -0.39 is 22.0 Å². The Bertz CT molecular complexity index is 919. The molecule has 0 radical (unpaired) electrons. The first-order valence-electron chi connectivity index (χ1n) is 9.25. The molecule has 29 heavy (non-hydrogen) atoms. The number of rotatable bonds is 7. The van der Waals surface area contributed by atoms with Gasteiger partial charge in [0.2, 0.25) is 0 Å². The first kappa shape index (κ1) is 21.3. The topological polar surface area (TPSA) is 117 Å². The van der Waals surface area contributed by atoms with Gasteiger partial charge >= 0.3 is 6.03 Å². The Balaban J connectivity index is 1.43. The number of carbonyl (C=O) groups excluding carboxylic acids is 1. The fraction of sp³-hybridized carbons (Fsp3) is 0.350. The first-order valence-corrected chi connectivity index (χ1v) is 11.1. The number of amides is 2. The maximum absolute atomic E-state index is 11.9. The van der Waals surface area contributed by atoms with Crippen molar-refractivity contribution in [1.29, 1.82) is 0 Å². The van der Waals surface area contributed by atoms with Crippen molar-refractivity contribution >= 4 is 21.6 Å². The lowest BCUT2D eigenvalue weighted by Gasteiger charge is -2.19. The van der Waals surface area contributed by atoms with Gasteiger partial charge in [0.25, 0.3) is 0 Å². The molecular weight excluding hydrogens is 394 g/mol. The number of para-hydroxylation sites is 1. The molecule has 2 amide bonds. The number of sulfone groups is 1. The molecule has 2 aromatic carbocycles. The van der Waals surface area contributed by atoms with E-state index in [0.717, 1.165) is 5.56 Å². The summed E-state index contributed by atoms with van der Waals surface area (Å²) >= 11 is 0.